The van der Waals surface area contributed by atoms with E-state index in [9.17, 15) is 0 Å². The van der Waals surface area contributed by atoms with E-state index >= 15 is 0 Å². The summed E-state index contributed by atoms with van der Waals surface area (Å²) >= 11 is 0. The summed E-state index contributed by atoms with van der Waals surface area (Å²) in [6, 6.07) is 19.6. The molecular formula is C34H38N2. The molecule has 2 unspecified atom stereocenters. The van der Waals surface area contributed by atoms with Crippen molar-refractivity contribution in [3.05, 3.63) is 132 Å². The van der Waals surface area contributed by atoms with Gasteiger partial charge in [-0.25, -0.2) is 5.43 Å². The predicted molar refractivity (Wildman–Crippen MR) is 153 cm³/mol. The molecule has 5 rings (SSSR count). The zero-order chi connectivity index (χ0) is 24.4. The number of rotatable bonds is 9. The van der Waals surface area contributed by atoms with Crippen LogP contribution in [0.4, 0.5) is 0 Å². The van der Waals surface area contributed by atoms with Crippen LogP contribution in [0.15, 0.2) is 127 Å². The van der Waals surface area contributed by atoms with Crippen LogP contribution in [-0.4, -0.2) is 6.54 Å². The fraction of sp³-hybridized carbons (Fsp3) is 0.294. The van der Waals surface area contributed by atoms with E-state index in [0.29, 0.717) is 11.8 Å². The number of benzene rings is 2. The molecule has 2 aromatic carbocycles. The van der Waals surface area contributed by atoms with Gasteiger partial charge in [-0.3, -0.25) is 0 Å². The second kappa shape index (κ2) is 12.6. The van der Waals surface area contributed by atoms with Crippen LogP contribution in [0.3, 0.4) is 0 Å². The average Bonchev–Trinajstić information content (AvgIpc) is 2.97. The minimum Gasteiger partial charge on any atom is -0.325 e. The van der Waals surface area contributed by atoms with Crippen LogP contribution in [0.5, 0.6) is 0 Å². The van der Waals surface area contributed by atoms with Crippen molar-refractivity contribution in [2.24, 2.45) is 11.8 Å². The lowest BCUT2D eigenvalue weighted by Gasteiger charge is -2.23. The second-order valence-corrected chi connectivity index (χ2v) is 10.2. The smallest absolute Gasteiger partial charge is 0.0395 e. The lowest BCUT2D eigenvalue weighted by Crippen LogP contribution is -2.35. The Morgan fingerprint density at radius 1 is 0.861 bits per heavy atom. The third-order valence-corrected chi connectivity index (χ3v) is 7.55. The topological polar surface area (TPSA) is 24.1 Å². The largest absolute Gasteiger partial charge is 0.325 e. The second-order valence-electron chi connectivity index (χ2n) is 10.2. The van der Waals surface area contributed by atoms with Crippen molar-refractivity contribution in [1.82, 2.24) is 10.9 Å². The maximum atomic E-state index is 3.58. The summed E-state index contributed by atoms with van der Waals surface area (Å²) in [7, 11) is 0. The maximum absolute atomic E-state index is 3.58. The fourth-order valence-corrected chi connectivity index (χ4v) is 5.34. The van der Waals surface area contributed by atoms with Crippen molar-refractivity contribution in [2.75, 3.05) is 6.54 Å². The summed E-state index contributed by atoms with van der Waals surface area (Å²) in [5, 5.41) is 0. The van der Waals surface area contributed by atoms with Gasteiger partial charge in [0.1, 0.15) is 0 Å². The van der Waals surface area contributed by atoms with Crippen LogP contribution >= 0.6 is 0 Å². The first-order valence-electron chi connectivity index (χ1n) is 13.5. The van der Waals surface area contributed by atoms with Crippen LogP contribution in [0.1, 0.15) is 50.0 Å². The zero-order valence-corrected chi connectivity index (χ0v) is 21.2. The molecule has 0 aromatic heterocycles. The van der Waals surface area contributed by atoms with E-state index in [-0.39, 0.29) is 0 Å². The Labute approximate surface area is 216 Å². The first-order valence-corrected chi connectivity index (χ1v) is 13.5. The van der Waals surface area contributed by atoms with Gasteiger partial charge in [0.15, 0.2) is 0 Å². The lowest BCUT2D eigenvalue weighted by molar-refractivity contribution is 0.478. The third kappa shape index (κ3) is 6.65. The Hall–Kier alpha value is -3.36. The molecule has 0 aliphatic heterocycles. The maximum Gasteiger partial charge on any atom is 0.0395 e. The van der Waals surface area contributed by atoms with Crippen molar-refractivity contribution in [3.63, 3.8) is 0 Å². The van der Waals surface area contributed by atoms with Crippen LogP contribution in [-0.2, 0) is 0 Å². The summed E-state index contributed by atoms with van der Waals surface area (Å²) in [6.07, 6.45) is 30.1. The molecule has 0 saturated heterocycles. The van der Waals surface area contributed by atoms with Gasteiger partial charge in [-0.15, -0.1) is 0 Å². The summed E-state index contributed by atoms with van der Waals surface area (Å²) in [5.74, 6) is 1.64. The number of hydrogen-bond acceptors (Lipinski definition) is 2. The summed E-state index contributed by atoms with van der Waals surface area (Å²) in [5.41, 5.74) is 13.7. The zero-order valence-electron chi connectivity index (χ0n) is 21.2. The molecule has 0 amide bonds. The molecule has 3 atom stereocenters. The van der Waals surface area contributed by atoms with Crippen molar-refractivity contribution in [1.29, 1.82) is 0 Å². The Morgan fingerprint density at radius 2 is 1.78 bits per heavy atom. The first kappa shape index (κ1) is 24.3. The van der Waals surface area contributed by atoms with E-state index in [2.05, 4.69) is 126 Å². The molecule has 2 heteroatoms. The van der Waals surface area contributed by atoms with Crippen molar-refractivity contribution < 1.29 is 0 Å². The van der Waals surface area contributed by atoms with E-state index in [0.717, 1.165) is 31.7 Å². The van der Waals surface area contributed by atoms with Gasteiger partial charge in [-0.05, 0) is 66.7 Å². The van der Waals surface area contributed by atoms with Gasteiger partial charge < -0.3 is 5.43 Å². The number of allylic oxidation sites excluding steroid dienone is 9. The Bertz CT molecular complexity index is 1180. The molecule has 3 aliphatic carbocycles. The van der Waals surface area contributed by atoms with E-state index < -0.39 is 0 Å². The summed E-state index contributed by atoms with van der Waals surface area (Å²) in [6.45, 7) is 0.822. The average molecular weight is 475 g/mol. The van der Waals surface area contributed by atoms with Gasteiger partial charge in [0, 0.05) is 24.1 Å². The van der Waals surface area contributed by atoms with Crippen LogP contribution < -0.4 is 10.9 Å². The standard InChI is InChI=1S/C34H38N2/c1-4-11-27(12-5-1)21-24-34(31-15-8-3-9-16-31)36-35-26-28-19-22-30(23-20-28)33-18-10-17-32(25-33)29-13-6-2-7-14-29/h1-4,6-10,13-15,17-20,22,24-25,27,30-31,35-36H,5,11-12,16,21,23,26H2/b34-24-/t27-,30?,31?/m1/s1. The van der Waals surface area contributed by atoms with E-state index in [4.69, 9.17) is 0 Å². The molecule has 0 heterocycles. The SMILES string of the molecule is C1=CCC(/C(=C/C[C@@H]2CC=CCC2)NNCC2=CCC(c3cccc(-c4ccccc4)c3)C=C2)C=C1. The number of hydrazine groups is 1. The first-order chi connectivity index (χ1) is 17.8. The normalized spacial score (nSPS) is 23.5. The van der Waals surface area contributed by atoms with Crippen molar-refractivity contribution in [3.8, 4) is 11.1 Å². The molecule has 36 heavy (non-hydrogen) atoms. The van der Waals surface area contributed by atoms with E-state index in [1.165, 1.54) is 47.2 Å². The predicted octanol–water partition coefficient (Wildman–Crippen LogP) is 8.18. The molecule has 3 aliphatic rings. The molecule has 0 spiro atoms. The quantitative estimate of drug-likeness (QED) is 0.283. The van der Waals surface area contributed by atoms with Gasteiger partial charge in [-0.2, -0.15) is 0 Å². The number of hydrogen-bond donors (Lipinski definition) is 2. The highest BCUT2D eigenvalue weighted by Crippen LogP contribution is 2.30. The molecule has 0 radical (unpaired) electrons. The van der Waals surface area contributed by atoms with E-state index in [1.807, 2.05) is 0 Å². The Kier molecular flexibility index (Phi) is 8.49. The van der Waals surface area contributed by atoms with Crippen molar-refractivity contribution in [2.45, 2.75) is 44.4 Å². The highest BCUT2D eigenvalue weighted by molar-refractivity contribution is 5.64. The molecule has 0 fully saturated rings. The molecule has 2 N–H and O–H groups in total. The van der Waals surface area contributed by atoms with Gasteiger partial charge >= 0.3 is 0 Å². The van der Waals surface area contributed by atoms with E-state index in [1.54, 1.807) is 0 Å². The minimum absolute atomic E-state index is 0.429. The number of nitrogens with one attached hydrogen (secondary N) is 2. The molecular weight excluding hydrogens is 436 g/mol. The molecule has 2 aromatic rings. The van der Waals surface area contributed by atoms with Gasteiger partial charge in [-0.1, -0.05) is 115 Å². The lowest BCUT2D eigenvalue weighted by atomic mass is 9.88. The van der Waals surface area contributed by atoms with Crippen molar-refractivity contribution >= 4 is 0 Å². The van der Waals surface area contributed by atoms with Crippen LogP contribution in [0.2, 0.25) is 0 Å². The van der Waals surface area contributed by atoms with Gasteiger partial charge in [0.25, 0.3) is 0 Å². The Morgan fingerprint density at radius 3 is 2.56 bits per heavy atom. The van der Waals surface area contributed by atoms with Crippen LogP contribution in [0, 0.1) is 11.8 Å². The summed E-state index contributed by atoms with van der Waals surface area (Å²) < 4.78 is 0. The third-order valence-electron chi connectivity index (χ3n) is 7.55. The summed E-state index contributed by atoms with van der Waals surface area (Å²) in [4.78, 5) is 0. The fourth-order valence-electron chi connectivity index (χ4n) is 5.34. The molecule has 2 nitrogen and oxygen atoms in total. The molecule has 0 bridgehead atoms. The minimum atomic E-state index is 0.429. The molecule has 0 saturated carbocycles. The van der Waals surface area contributed by atoms with Gasteiger partial charge in [0.05, 0.1) is 0 Å². The highest BCUT2D eigenvalue weighted by atomic mass is 15.4. The van der Waals surface area contributed by atoms with Gasteiger partial charge in [0.2, 0.25) is 0 Å². The Balaban J connectivity index is 1.15. The monoisotopic (exact) mass is 474 g/mol. The highest BCUT2D eigenvalue weighted by Gasteiger charge is 2.15. The van der Waals surface area contributed by atoms with Crippen LogP contribution in [0.25, 0.3) is 11.1 Å². The molecule has 184 valence electrons.